The molecule has 7 rings (SSSR count). The van der Waals surface area contributed by atoms with Crippen molar-refractivity contribution in [1.29, 1.82) is 5.26 Å². The summed E-state index contributed by atoms with van der Waals surface area (Å²) >= 11 is 0.738. The average Bonchev–Trinajstić information content (AvgIpc) is 3.93. The normalized spacial score (nSPS) is 21.1. The first kappa shape index (κ1) is 27.6. The molecule has 1 aliphatic heterocycles. The molecular weight excluding hydrogens is 590 g/mol. The molecule has 1 N–H and O–H groups in total. The number of ether oxygens (including phenoxy) is 1. The van der Waals surface area contributed by atoms with Crippen LogP contribution in [0.4, 0.5) is 14.5 Å². The number of nitrogens with zero attached hydrogens (tertiary/aromatic N) is 7. The third-order valence-electron chi connectivity index (χ3n) is 8.49. The van der Waals surface area contributed by atoms with E-state index in [1.807, 2.05) is 4.90 Å². The van der Waals surface area contributed by atoms with E-state index < -0.39 is 32.6 Å². The third-order valence-corrected chi connectivity index (χ3v) is 10.9. The Balaban J connectivity index is 1.32. The van der Waals surface area contributed by atoms with E-state index in [9.17, 15) is 27.3 Å². The van der Waals surface area contributed by atoms with Crippen molar-refractivity contribution in [3.05, 3.63) is 23.0 Å². The summed E-state index contributed by atoms with van der Waals surface area (Å²) in [4.78, 5) is 21.7. The topological polar surface area (TPSA) is 146 Å². The van der Waals surface area contributed by atoms with Crippen LogP contribution < -0.4 is 9.62 Å². The van der Waals surface area contributed by atoms with Gasteiger partial charge in [-0.2, -0.15) is 9.98 Å². The number of hydrogen-bond acceptors (Lipinski definition) is 10. The van der Waals surface area contributed by atoms with E-state index in [0.717, 1.165) is 24.2 Å². The van der Waals surface area contributed by atoms with Gasteiger partial charge >= 0.3 is 0 Å². The number of anilines is 1. The quantitative estimate of drug-likeness (QED) is 0.382. The van der Waals surface area contributed by atoms with Crippen LogP contribution in [0.15, 0.2) is 17.0 Å². The highest BCUT2D eigenvalue weighted by atomic mass is 32.2. The number of halogens is 2. The van der Waals surface area contributed by atoms with Crippen molar-refractivity contribution in [2.24, 2.45) is 0 Å². The lowest BCUT2D eigenvalue weighted by Gasteiger charge is -2.37. The maximum atomic E-state index is 13.6. The number of sulfonamides is 1. The number of amides is 1. The van der Waals surface area contributed by atoms with Crippen LogP contribution in [0, 0.1) is 11.3 Å². The molecule has 1 saturated heterocycles. The van der Waals surface area contributed by atoms with Crippen LogP contribution in [0.3, 0.4) is 0 Å². The van der Waals surface area contributed by atoms with Gasteiger partial charge in [0.05, 0.1) is 22.2 Å². The molecule has 3 aliphatic carbocycles. The van der Waals surface area contributed by atoms with Crippen molar-refractivity contribution < 1.29 is 26.7 Å². The lowest BCUT2D eigenvalue weighted by atomic mass is 10.2. The Kier molecular flexibility index (Phi) is 6.32. The van der Waals surface area contributed by atoms with Gasteiger partial charge in [-0.25, -0.2) is 22.2 Å². The van der Waals surface area contributed by atoms with E-state index in [-0.39, 0.29) is 21.9 Å². The number of piperazine rings is 1. The number of hydrogen-bond donors (Lipinski definition) is 1. The monoisotopic (exact) mass is 618 g/mol. The second kappa shape index (κ2) is 9.63. The summed E-state index contributed by atoms with van der Waals surface area (Å²) in [5.74, 6) is 0.660. The van der Waals surface area contributed by atoms with Crippen molar-refractivity contribution in [1.82, 2.24) is 29.4 Å². The predicted molar refractivity (Wildman–Crippen MR) is 147 cm³/mol. The van der Waals surface area contributed by atoms with Gasteiger partial charge < -0.3 is 14.5 Å². The molecule has 3 aromatic rings. The number of carbonyl (C=O) groups is 1. The zero-order valence-corrected chi connectivity index (χ0v) is 24.3. The van der Waals surface area contributed by atoms with Gasteiger partial charge in [-0.3, -0.25) is 9.36 Å². The zero-order valence-electron chi connectivity index (χ0n) is 22.7. The van der Waals surface area contributed by atoms with E-state index in [1.54, 1.807) is 22.6 Å². The fourth-order valence-corrected chi connectivity index (χ4v) is 7.64. The van der Waals surface area contributed by atoms with E-state index in [4.69, 9.17) is 9.72 Å². The van der Waals surface area contributed by atoms with Crippen LogP contribution in [0.5, 0.6) is 0 Å². The molecule has 4 aliphatic rings. The average molecular weight is 619 g/mol. The second-order valence-electron chi connectivity index (χ2n) is 11.4. The minimum Gasteiger partial charge on any atom is -0.368 e. The molecule has 42 heavy (non-hydrogen) atoms. The highest BCUT2D eigenvalue weighted by Crippen LogP contribution is 2.45. The molecule has 0 bridgehead atoms. The standard InChI is InChI=1S/C26H28F2N8O4S2/c1-40-26(6-7-26)23(37)35-10-8-34(9-11-35)17-12-16(42(38,39)33-25(14-29)4-5-25)13-18-19(17)30-21(15-2-3-15)36(18)24-32-31-22(41-24)20(27)28/h12-13,15,20,33H,2-11H2,1H3. The molecule has 0 unspecified atom stereocenters. The van der Waals surface area contributed by atoms with Crippen molar-refractivity contribution in [2.45, 2.75) is 66.9 Å². The second-order valence-corrected chi connectivity index (χ2v) is 14.1. The zero-order chi connectivity index (χ0) is 29.4. The summed E-state index contributed by atoms with van der Waals surface area (Å²) in [6, 6.07) is 5.07. The van der Waals surface area contributed by atoms with Gasteiger partial charge in [0.25, 0.3) is 12.3 Å². The van der Waals surface area contributed by atoms with Crippen LogP contribution >= 0.6 is 11.3 Å². The SMILES string of the molecule is COC1(C(=O)N2CCN(c3cc(S(=O)(=O)NC4(C#N)CC4)cc4c3nc(C3CC3)n4-c3nnc(C(F)F)s3)CC2)CC1. The van der Waals surface area contributed by atoms with Crippen molar-refractivity contribution in [2.75, 3.05) is 38.2 Å². The fraction of sp³-hybridized carbons (Fsp3) is 0.577. The summed E-state index contributed by atoms with van der Waals surface area (Å²) in [6.07, 6.45) is 1.15. The Bertz CT molecular complexity index is 1730. The molecule has 2 aromatic heterocycles. The number of nitriles is 1. The van der Waals surface area contributed by atoms with Crippen LogP contribution in [-0.2, 0) is 19.6 Å². The van der Waals surface area contributed by atoms with Gasteiger partial charge in [0.1, 0.15) is 22.5 Å². The first-order valence-electron chi connectivity index (χ1n) is 13.8. The molecule has 4 fully saturated rings. The number of benzene rings is 1. The first-order valence-corrected chi connectivity index (χ1v) is 16.1. The highest BCUT2D eigenvalue weighted by molar-refractivity contribution is 7.89. The molecule has 1 amide bonds. The summed E-state index contributed by atoms with van der Waals surface area (Å²) in [5, 5.41) is 17.0. The largest absolute Gasteiger partial charge is 0.368 e. The molecular formula is C26H28F2N8O4S2. The Morgan fingerprint density at radius 3 is 2.43 bits per heavy atom. The number of aromatic nitrogens is 4. The number of fused-ring (bicyclic) bond motifs is 1. The van der Waals surface area contributed by atoms with Gasteiger partial charge in [-0.1, -0.05) is 11.3 Å². The smallest absolute Gasteiger partial charge is 0.291 e. The molecule has 3 saturated carbocycles. The van der Waals surface area contributed by atoms with Gasteiger partial charge in [0.15, 0.2) is 5.01 Å². The molecule has 0 atom stereocenters. The molecule has 12 nitrogen and oxygen atoms in total. The van der Waals surface area contributed by atoms with Crippen molar-refractivity contribution >= 4 is 44.0 Å². The Labute approximate surface area is 244 Å². The van der Waals surface area contributed by atoms with Crippen LogP contribution in [0.25, 0.3) is 16.2 Å². The number of carbonyl (C=O) groups excluding carboxylic acids is 1. The van der Waals surface area contributed by atoms with E-state index >= 15 is 0 Å². The maximum Gasteiger partial charge on any atom is 0.291 e. The summed E-state index contributed by atoms with van der Waals surface area (Å²) in [7, 11) is -2.59. The minimum absolute atomic E-state index is 0.0343. The van der Waals surface area contributed by atoms with E-state index in [0.29, 0.717) is 74.4 Å². The van der Waals surface area contributed by atoms with Crippen LogP contribution in [0.2, 0.25) is 0 Å². The summed E-state index contributed by atoms with van der Waals surface area (Å²) in [6.45, 7) is 1.70. The Morgan fingerprint density at radius 2 is 1.88 bits per heavy atom. The first-order chi connectivity index (χ1) is 20.1. The predicted octanol–water partition coefficient (Wildman–Crippen LogP) is 2.85. The number of imidazole rings is 1. The summed E-state index contributed by atoms with van der Waals surface area (Å²) < 4.78 is 63.8. The van der Waals surface area contributed by atoms with E-state index in [1.165, 1.54) is 6.07 Å². The van der Waals surface area contributed by atoms with Crippen LogP contribution in [-0.4, -0.2) is 83.4 Å². The Hall–Kier alpha value is -3.26. The van der Waals surface area contributed by atoms with Crippen molar-refractivity contribution in [3.63, 3.8) is 0 Å². The highest BCUT2D eigenvalue weighted by Gasteiger charge is 2.53. The van der Waals surface area contributed by atoms with Gasteiger partial charge in [0, 0.05) is 39.2 Å². The maximum absolute atomic E-state index is 13.6. The number of alkyl halides is 2. The molecule has 222 valence electrons. The lowest BCUT2D eigenvalue weighted by molar-refractivity contribution is -0.144. The van der Waals surface area contributed by atoms with Gasteiger partial charge in [0.2, 0.25) is 15.2 Å². The number of nitrogens with one attached hydrogen (secondary N) is 1. The van der Waals surface area contributed by atoms with Gasteiger partial charge in [-0.15, -0.1) is 10.2 Å². The number of rotatable bonds is 9. The lowest BCUT2D eigenvalue weighted by Crippen LogP contribution is -2.52. The molecule has 16 heteroatoms. The number of methoxy groups -OCH3 is 1. The summed E-state index contributed by atoms with van der Waals surface area (Å²) in [5.41, 5.74) is -0.394. The Morgan fingerprint density at radius 1 is 1.17 bits per heavy atom. The fourth-order valence-electron chi connectivity index (χ4n) is 5.50. The molecule has 0 radical (unpaired) electrons. The minimum atomic E-state index is -4.14. The van der Waals surface area contributed by atoms with E-state index in [2.05, 4.69) is 21.0 Å². The van der Waals surface area contributed by atoms with Gasteiger partial charge in [-0.05, 0) is 50.7 Å². The van der Waals surface area contributed by atoms with Crippen LogP contribution in [0.1, 0.15) is 61.7 Å². The molecule has 3 heterocycles. The van der Waals surface area contributed by atoms with Crippen molar-refractivity contribution in [3.8, 4) is 11.2 Å². The molecule has 0 spiro atoms. The third kappa shape index (κ3) is 4.62. The molecule has 1 aromatic carbocycles.